The Labute approximate surface area is 54.5 Å². The first-order valence-corrected chi connectivity index (χ1v) is 3.31. The first-order chi connectivity index (χ1) is 4.29. The smallest absolute Gasteiger partial charge is 0.0700 e. The minimum atomic E-state index is 0.0532. The van der Waals surface area contributed by atoms with Gasteiger partial charge in [0.05, 0.1) is 12.6 Å². The van der Waals surface area contributed by atoms with Crippen molar-refractivity contribution in [3.8, 4) is 0 Å². The number of ether oxygens (including phenoxy) is 1. The van der Waals surface area contributed by atoms with Gasteiger partial charge in [0.2, 0.25) is 0 Å². The molecule has 9 heavy (non-hydrogen) atoms. The van der Waals surface area contributed by atoms with Crippen molar-refractivity contribution >= 4 is 0 Å². The van der Waals surface area contributed by atoms with E-state index in [1.54, 1.807) is 0 Å². The molecule has 1 unspecified atom stereocenters. The van der Waals surface area contributed by atoms with Gasteiger partial charge in [-0.1, -0.05) is 0 Å². The molecule has 0 radical (unpaired) electrons. The van der Waals surface area contributed by atoms with Crippen molar-refractivity contribution in [2.24, 2.45) is 0 Å². The van der Waals surface area contributed by atoms with Gasteiger partial charge >= 0.3 is 0 Å². The van der Waals surface area contributed by atoms with Crippen LogP contribution in [-0.4, -0.2) is 30.9 Å². The van der Waals surface area contributed by atoms with Gasteiger partial charge < -0.3 is 4.74 Å². The van der Waals surface area contributed by atoms with Gasteiger partial charge in [0.25, 0.3) is 0 Å². The Kier molecular flexibility index (Phi) is 2.42. The highest BCUT2D eigenvalue weighted by atomic mass is 19.2. The summed E-state index contributed by atoms with van der Waals surface area (Å²) in [7, 11) is 0. The Morgan fingerprint density at radius 2 is 2.44 bits per heavy atom. The minimum absolute atomic E-state index is 0.0532. The Morgan fingerprint density at radius 1 is 1.67 bits per heavy atom. The molecular formula is C6H12FNO. The van der Waals surface area contributed by atoms with Gasteiger partial charge in [-0.25, -0.2) is 0 Å². The van der Waals surface area contributed by atoms with Crippen LogP contribution in [0.5, 0.6) is 0 Å². The fourth-order valence-electron chi connectivity index (χ4n) is 0.944. The van der Waals surface area contributed by atoms with E-state index >= 15 is 0 Å². The molecule has 1 aliphatic heterocycles. The van der Waals surface area contributed by atoms with Crippen molar-refractivity contribution in [3.05, 3.63) is 0 Å². The van der Waals surface area contributed by atoms with Crippen LogP contribution in [0.4, 0.5) is 4.48 Å². The second kappa shape index (κ2) is 3.13. The molecule has 0 aliphatic carbocycles. The zero-order chi connectivity index (χ0) is 6.69. The third-order valence-corrected chi connectivity index (χ3v) is 1.40. The van der Waals surface area contributed by atoms with E-state index in [2.05, 4.69) is 0 Å². The molecule has 0 bridgehead atoms. The number of halogens is 1. The summed E-state index contributed by atoms with van der Waals surface area (Å²) in [6.45, 7) is 3.52. The molecule has 0 spiro atoms. The molecule has 1 fully saturated rings. The summed E-state index contributed by atoms with van der Waals surface area (Å²) in [5.41, 5.74) is 0. The maximum absolute atomic E-state index is 12.4. The van der Waals surface area contributed by atoms with Crippen molar-refractivity contribution < 1.29 is 9.22 Å². The van der Waals surface area contributed by atoms with E-state index in [0.29, 0.717) is 19.7 Å². The molecule has 1 rings (SSSR count). The highest BCUT2D eigenvalue weighted by Gasteiger charge is 2.12. The molecule has 3 heteroatoms. The zero-order valence-corrected chi connectivity index (χ0v) is 5.64. The quantitative estimate of drug-likeness (QED) is 0.457. The molecular weight excluding hydrogens is 121 g/mol. The standard InChI is InChI=1S/C6H12FNO/c1-6-5-8(7)3-2-4-9-6/h6H,2-5H2,1H3. The summed E-state index contributed by atoms with van der Waals surface area (Å²) in [4.78, 5) is 0. The van der Waals surface area contributed by atoms with Crippen LogP contribution in [0.25, 0.3) is 0 Å². The third kappa shape index (κ3) is 2.28. The van der Waals surface area contributed by atoms with Crippen molar-refractivity contribution in [1.29, 1.82) is 0 Å². The number of hydrogen-bond donors (Lipinski definition) is 0. The third-order valence-electron chi connectivity index (χ3n) is 1.40. The van der Waals surface area contributed by atoms with Crippen LogP contribution < -0.4 is 0 Å². The molecule has 0 aromatic carbocycles. The molecule has 2 nitrogen and oxygen atoms in total. The van der Waals surface area contributed by atoms with Gasteiger partial charge in [0, 0.05) is 13.2 Å². The lowest BCUT2D eigenvalue weighted by atomic mass is 10.4. The van der Waals surface area contributed by atoms with Crippen LogP contribution in [0, 0.1) is 0 Å². The molecule has 0 aromatic rings. The molecule has 1 saturated heterocycles. The second-order valence-electron chi connectivity index (χ2n) is 2.40. The number of nitrogens with zero attached hydrogens (tertiary/aromatic N) is 1. The van der Waals surface area contributed by atoms with Gasteiger partial charge in [0.1, 0.15) is 0 Å². The van der Waals surface area contributed by atoms with Crippen molar-refractivity contribution in [2.75, 3.05) is 19.7 Å². The van der Waals surface area contributed by atoms with E-state index in [1.807, 2.05) is 6.92 Å². The molecule has 54 valence electrons. The van der Waals surface area contributed by atoms with E-state index in [1.165, 1.54) is 0 Å². The molecule has 0 amide bonds. The summed E-state index contributed by atoms with van der Waals surface area (Å²) < 4.78 is 17.6. The Bertz CT molecular complexity index is 79.1. The summed E-state index contributed by atoms with van der Waals surface area (Å²) in [6, 6.07) is 0. The van der Waals surface area contributed by atoms with Gasteiger partial charge in [-0.15, -0.1) is 9.60 Å². The monoisotopic (exact) mass is 133 g/mol. The zero-order valence-electron chi connectivity index (χ0n) is 5.64. The lowest BCUT2D eigenvalue weighted by Gasteiger charge is -2.10. The predicted octanol–water partition coefficient (Wildman–Crippen LogP) is 0.982. The fourth-order valence-corrected chi connectivity index (χ4v) is 0.944. The van der Waals surface area contributed by atoms with Crippen LogP contribution in [0.15, 0.2) is 0 Å². The summed E-state index contributed by atoms with van der Waals surface area (Å²) in [5.74, 6) is 0. The molecule has 1 heterocycles. The summed E-state index contributed by atoms with van der Waals surface area (Å²) in [5, 5.41) is 0.817. The van der Waals surface area contributed by atoms with Gasteiger partial charge in [-0.3, -0.25) is 0 Å². The summed E-state index contributed by atoms with van der Waals surface area (Å²) >= 11 is 0. The van der Waals surface area contributed by atoms with Crippen LogP contribution >= 0.6 is 0 Å². The van der Waals surface area contributed by atoms with Gasteiger partial charge in [-0.05, 0) is 13.3 Å². The lowest BCUT2D eigenvalue weighted by Crippen LogP contribution is -2.22. The highest BCUT2D eigenvalue weighted by Crippen LogP contribution is 2.04. The Morgan fingerprint density at radius 3 is 3.22 bits per heavy atom. The van der Waals surface area contributed by atoms with E-state index in [4.69, 9.17) is 4.74 Å². The first kappa shape index (κ1) is 6.96. The van der Waals surface area contributed by atoms with Gasteiger partial charge in [0.15, 0.2) is 0 Å². The predicted molar refractivity (Wildman–Crippen MR) is 32.7 cm³/mol. The fraction of sp³-hybridized carbons (Fsp3) is 1.00. The van der Waals surface area contributed by atoms with Crippen molar-refractivity contribution in [3.63, 3.8) is 0 Å². The molecule has 0 aromatic heterocycles. The maximum atomic E-state index is 12.4. The Balaban J connectivity index is 2.29. The van der Waals surface area contributed by atoms with E-state index < -0.39 is 0 Å². The second-order valence-corrected chi connectivity index (χ2v) is 2.40. The van der Waals surface area contributed by atoms with Crippen molar-refractivity contribution in [2.45, 2.75) is 19.4 Å². The minimum Gasteiger partial charge on any atom is -0.377 e. The number of hydrogen-bond acceptors (Lipinski definition) is 2. The Hall–Kier alpha value is -0.150. The van der Waals surface area contributed by atoms with Crippen LogP contribution in [-0.2, 0) is 4.74 Å². The van der Waals surface area contributed by atoms with E-state index in [-0.39, 0.29) is 6.10 Å². The first-order valence-electron chi connectivity index (χ1n) is 3.31. The number of rotatable bonds is 0. The average molecular weight is 133 g/mol. The normalized spacial score (nSPS) is 32.0. The molecule has 1 atom stereocenters. The largest absolute Gasteiger partial charge is 0.377 e. The molecule has 0 N–H and O–H groups in total. The summed E-state index contributed by atoms with van der Waals surface area (Å²) in [6.07, 6.45) is 0.860. The van der Waals surface area contributed by atoms with E-state index in [9.17, 15) is 4.48 Å². The molecule has 0 saturated carbocycles. The van der Waals surface area contributed by atoms with Gasteiger partial charge in [-0.2, -0.15) is 0 Å². The maximum Gasteiger partial charge on any atom is 0.0700 e. The molecule has 1 aliphatic rings. The lowest BCUT2D eigenvalue weighted by molar-refractivity contribution is -0.00454. The van der Waals surface area contributed by atoms with Crippen LogP contribution in [0.2, 0.25) is 0 Å². The average Bonchev–Trinajstić information content (AvgIpc) is 1.93. The van der Waals surface area contributed by atoms with Crippen LogP contribution in [0.3, 0.4) is 0 Å². The topological polar surface area (TPSA) is 12.5 Å². The van der Waals surface area contributed by atoms with Crippen molar-refractivity contribution in [1.82, 2.24) is 5.12 Å². The SMILES string of the molecule is CC1CN(F)CCCO1. The van der Waals surface area contributed by atoms with E-state index in [0.717, 1.165) is 11.5 Å². The van der Waals surface area contributed by atoms with Crippen LogP contribution in [0.1, 0.15) is 13.3 Å². The highest BCUT2D eigenvalue weighted by molar-refractivity contribution is 4.58.